The number of aromatic nitrogens is 1. The molecule has 2 atom stereocenters. The fourth-order valence-electron chi connectivity index (χ4n) is 5.86. The molecule has 0 spiro atoms. The van der Waals surface area contributed by atoms with Crippen molar-refractivity contribution < 1.29 is 23.9 Å². The maximum Gasteiger partial charge on any atom is 0.339 e. The monoisotopic (exact) mass is 630 g/mol. The van der Waals surface area contributed by atoms with Crippen LogP contribution in [0.3, 0.4) is 0 Å². The summed E-state index contributed by atoms with van der Waals surface area (Å²) in [6.45, 7) is 1.66. The summed E-state index contributed by atoms with van der Waals surface area (Å²) in [6, 6.07) is 16.1. The van der Waals surface area contributed by atoms with Gasteiger partial charge in [0.2, 0.25) is 17.6 Å². The van der Waals surface area contributed by atoms with Crippen LogP contribution >= 0.6 is 27.3 Å². The van der Waals surface area contributed by atoms with Crippen molar-refractivity contribution in [2.24, 2.45) is 11.8 Å². The standard InChI is InChI=1S/C32H27BrN2O5S/c1-2-18-14-20(33)15-24-25(32(39)40-17-27(36)28-8-5-13-41-28)16-26(34-29(18)24)19-9-11-21(12-10-19)35-30(37)22-6-3-4-7-23(22)31(35)38/h5,8-16,22-23H,2-4,6-7,17H2,1H3. The molecule has 1 saturated carbocycles. The van der Waals surface area contributed by atoms with Crippen molar-refractivity contribution in [2.75, 3.05) is 11.5 Å². The second-order valence-corrected chi connectivity index (χ2v) is 12.3. The number of fused-ring (bicyclic) bond motifs is 2. The Balaban J connectivity index is 1.34. The van der Waals surface area contributed by atoms with Gasteiger partial charge in [-0.1, -0.05) is 53.9 Å². The van der Waals surface area contributed by atoms with E-state index in [9.17, 15) is 19.2 Å². The third-order valence-corrected chi connectivity index (χ3v) is 9.32. The Morgan fingerprint density at radius 1 is 1.02 bits per heavy atom. The number of amides is 2. The highest BCUT2D eigenvalue weighted by atomic mass is 79.9. The van der Waals surface area contributed by atoms with Crippen molar-refractivity contribution in [1.29, 1.82) is 0 Å². The van der Waals surface area contributed by atoms with Crippen LogP contribution in [0.1, 0.15) is 58.2 Å². The molecule has 2 fully saturated rings. The lowest BCUT2D eigenvalue weighted by atomic mass is 9.81. The molecule has 7 nitrogen and oxygen atoms in total. The molecule has 2 unspecified atom stereocenters. The second-order valence-electron chi connectivity index (χ2n) is 10.4. The van der Waals surface area contributed by atoms with E-state index < -0.39 is 5.97 Å². The number of rotatable bonds is 7. The molecule has 0 bridgehead atoms. The van der Waals surface area contributed by atoms with E-state index in [1.165, 1.54) is 16.2 Å². The SMILES string of the molecule is CCc1cc(Br)cc2c(C(=O)OCC(=O)c3cccs3)cc(-c3ccc(N4C(=O)C5CCCCC5C4=O)cc3)nc12. The number of benzene rings is 2. The van der Waals surface area contributed by atoms with Crippen molar-refractivity contribution >= 4 is 67.4 Å². The number of imide groups is 1. The van der Waals surface area contributed by atoms with Crippen LogP contribution in [0, 0.1) is 11.8 Å². The molecule has 2 aromatic carbocycles. The van der Waals surface area contributed by atoms with Gasteiger partial charge in [-0.15, -0.1) is 11.3 Å². The number of thiophene rings is 1. The smallest absolute Gasteiger partial charge is 0.339 e. The number of anilines is 1. The van der Waals surface area contributed by atoms with Crippen molar-refractivity contribution in [2.45, 2.75) is 39.0 Å². The molecule has 3 heterocycles. The minimum Gasteiger partial charge on any atom is -0.454 e. The topological polar surface area (TPSA) is 93.6 Å². The fourth-order valence-corrected chi connectivity index (χ4v) is 7.02. The first-order valence-corrected chi connectivity index (χ1v) is 15.4. The van der Waals surface area contributed by atoms with E-state index in [1.807, 2.05) is 31.2 Å². The van der Waals surface area contributed by atoms with Crippen molar-refractivity contribution in [1.82, 2.24) is 4.98 Å². The zero-order valence-corrected chi connectivity index (χ0v) is 24.8. The Kier molecular flexibility index (Phi) is 7.57. The van der Waals surface area contributed by atoms with Gasteiger partial charge in [0.05, 0.1) is 39.2 Å². The minimum atomic E-state index is -0.615. The molecule has 1 saturated heterocycles. The fraction of sp³-hybridized carbons (Fsp3) is 0.281. The molecular weight excluding hydrogens is 604 g/mol. The number of pyridine rings is 1. The first-order valence-electron chi connectivity index (χ1n) is 13.7. The number of hydrogen-bond acceptors (Lipinski definition) is 7. The van der Waals surface area contributed by atoms with Gasteiger partial charge in [0.25, 0.3) is 0 Å². The predicted octanol–water partition coefficient (Wildman–Crippen LogP) is 7.01. The second kappa shape index (κ2) is 11.3. The van der Waals surface area contributed by atoms with Crippen LogP contribution in [-0.2, 0) is 20.7 Å². The number of hydrogen-bond donors (Lipinski definition) is 0. The number of halogens is 1. The van der Waals surface area contributed by atoms with E-state index in [0.29, 0.717) is 39.1 Å². The lowest BCUT2D eigenvalue weighted by Gasteiger charge is -2.19. The van der Waals surface area contributed by atoms with Gasteiger partial charge in [0.1, 0.15) is 0 Å². The highest BCUT2D eigenvalue weighted by Gasteiger charge is 2.48. The Morgan fingerprint density at radius 3 is 2.37 bits per heavy atom. The number of ketones is 1. The number of Topliss-reactive ketones (excluding diaryl/α,β-unsaturated/α-hetero) is 1. The van der Waals surface area contributed by atoms with E-state index in [2.05, 4.69) is 15.9 Å². The molecule has 1 aliphatic carbocycles. The number of aryl methyl sites for hydroxylation is 1. The number of carbonyl (C=O) groups is 4. The molecule has 208 valence electrons. The lowest BCUT2D eigenvalue weighted by molar-refractivity contribution is -0.122. The molecule has 2 aromatic heterocycles. The lowest BCUT2D eigenvalue weighted by Crippen LogP contribution is -2.30. The van der Waals surface area contributed by atoms with Crippen molar-refractivity contribution in [3.05, 3.63) is 80.5 Å². The molecule has 4 aromatic rings. The van der Waals surface area contributed by atoms with Gasteiger partial charge in [-0.25, -0.2) is 9.78 Å². The Hall–Kier alpha value is -3.69. The molecule has 0 radical (unpaired) electrons. The summed E-state index contributed by atoms with van der Waals surface area (Å²) < 4.78 is 6.29. The van der Waals surface area contributed by atoms with E-state index in [0.717, 1.165) is 41.3 Å². The molecule has 2 amide bonds. The molecule has 41 heavy (non-hydrogen) atoms. The highest BCUT2D eigenvalue weighted by molar-refractivity contribution is 9.10. The van der Waals surface area contributed by atoms with Crippen LogP contribution < -0.4 is 4.90 Å². The van der Waals surface area contributed by atoms with Crippen LogP contribution in [0.5, 0.6) is 0 Å². The van der Waals surface area contributed by atoms with Crippen molar-refractivity contribution in [3.63, 3.8) is 0 Å². The van der Waals surface area contributed by atoms with Crippen LogP contribution in [-0.4, -0.2) is 35.2 Å². The molecular formula is C32H27BrN2O5S. The zero-order valence-electron chi connectivity index (χ0n) is 22.4. The number of ether oxygens (including phenoxy) is 1. The summed E-state index contributed by atoms with van der Waals surface area (Å²) in [7, 11) is 0. The van der Waals surface area contributed by atoms with E-state index in [1.54, 1.807) is 35.7 Å². The average Bonchev–Trinajstić information content (AvgIpc) is 3.62. The summed E-state index contributed by atoms with van der Waals surface area (Å²) in [5.41, 5.74) is 3.74. The van der Waals surface area contributed by atoms with Gasteiger partial charge in [-0.3, -0.25) is 19.3 Å². The summed E-state index contributed by atoms with van der Waals surface area (Å²) >= 11 is 4.84. The Labute approximate surface area is 249 Å². The van der Waals surface area contributed by atoms with Crippen LogP contribution in [0.25, 0.3) is 22.2 Å². The summed E-state index contributed by atoms with van der Waals surface area (Å²) in [6.07, 6.45) is 4.17. The van der Waals surface area contributed by atoms with Gasteiger partial charge in [-0.2, -0.15) is 0 Å². The molecule has 1 aliphatic heterocycles. The summed E-state index contributed by atoms with van der Waals surface area (Å²) in [5, 5.41) is 2.43. The maximum atomic E-state index is 13.4. The maximum absolute atomic E-state index is 13.4. The zero-order chi connectivity index (χ0) is 28.7. The Bertz CT molecular complexity index is 1660. The van der Waals surface area contributed by atoms with Gasteiger partial charge < -0.3 is 4.74 Å². The molecule has 2 aliphatic rings. The first-order chi connectivity index (χ1) is 19.9. The third-order valence-electron chi connectivity index (χ3n) is 7.95. The molecule has 6 rings (SSSR count). The van der Waals surface area contributed by atoms with Crippen LogP contribution in [0.2, 0.25) is 0 Å². The van der Waals surface area contributed by atoms with Gasteiger partial charge in [0, 0.05) is 15.4 Å². The van der Waals surface area contributed by atoms with E-state index in [-0.39, 0.29) is 36.0 Å². The first kappa shape index (κ1) is 27.5. The number of nitrogens with zero attached hydrogens (tertiary/aromatic N) is 2. The van der Waals surface area contributed by atoms with E-state index >= 15 is 0 Å². The third kappa shape index (κ3) is 5.13. The largest absolute Gasteiger partial charge is 0.454 e. The highest BCUT2D eigenvalue weighted by Crippen LogP contribution is 2.40. The minimum absolute atomic E-state index is 0.114. The predicted molar refractivity (Wildman–Crippen MR) is 161 cm³/mol. The van der Waals surface area contributed by atoms with Crippen LogP contribution in [0.15, 0.2) is 64.5 Å². The number of carbonyl (C=O) groups excluding carboxylic acids is 4. The summed E-state index contributed by atoms with van der Waals surface area (Å²) in [5.74, 6) is -1.54. The van der Waals surface area contributed by atoms with E-state index in [4.69, 9.17) is 9.72 Å². The quantitative estimate of drug-likeness (QED) is 0.124. The van der Waals surface area contributed by atoms with Crippen molar-refractivity contribution in [3.8, 4) is 11.3 Å². The molecule has 0 N–H and O–H groups in total. The van der Waals surface area contributed by atoms with Gasteiger partial charge >= 0.3 is 5.97 Å². The normalized spacial score (nSPS) is 18.5. The number of esters is 1. The Morgan fingerprint density at radius 2 is 1.73 bits per heavy atom. The molecule has 9 heteroatoms. The average molecular weight is 632 g/mol. The van der Waals surface area contributed by atoms with Gasteiger partial charge in [0.15, 0.2) is 6.61 Å². The summed E-state index contributed by atoms with van der Waals surface area (Å²) in [4.78, 5) is 58.7. The van der Waals surface area contributed by atoms with Crippen LogP contribution in [0.4, 0.5) is 5.69 Å². The van der Waals surface area contributed by atoms with Gasteiger partial charge in [-0.05, 0) is 66.6 Å².